The minimum atomic E-state index is 0.257. The number of aryl methyl sites for hydroxylation is 3. The van der Waals surface area contributed by atoms with E-state index >= 15 is 0 Å². The minimum Gasteiger partial charge on any atom is -0.397 e. The summed E-state index contributed by atoms with van der Waals surface area (Å²) in [6, 6.07) is 7.75. The lowest BCUT2D eigenvalue weighted by Gasteiger charge is -2.07. The maximum Gasteiger partial charge on any atom is 0.243 e. The molecule has 1 aromatic carbocycles. The Bertz CT molecular complexity index is 1380. The number of aromatic nitrogens is 4. The molecule has 5 N–H and O–H groups in total. The van der Waals surface area contributed by atoms with Crippen LogP contribution in [0.2, 0.25) is 0 Å². The van der Waals surface area contributed by atoms with E-state index in [1.54, 1.807) is 24.8 Å². The molecule has 0 radical (unpaired) electrons. The van der Waals surface area contributed by atoms with Crippen molar-refractivity contribution in [1.29, 1.82) is 0 Å². The highest BCUT2D eigenvalue weighted by Crippen LogP contribution is 2.17. The van der Waals surface area contributed by atoms with Gasteiger partial charge in [0.15, 0.2) is 0 Å². The number of nitrogens with one attached hydrogen (secondary N) is 3. The van der Waals surface area contributed by atoms with Gasteiger partial charge in [0, 0.05) is 67.8 Å². The van der Waals surface area contributed by atoms with Crippen molar-refractivity contribution in [2.24, 2.45) is 17.8 Å². The lowest BCUT2D eigenvalue weighted by molar-refractivity contribution is -0.671. The van der Waals surface area contributed by atoms with Gasteiger partial charge in [-0.1, -0.05) is 13.2 Å². The Hall–Kier alpha value is -5.12. The maximum absolute atomic E-state index is 11.0. The molecule has 0 aliphatic carbocycles. The number of aliphatic imine (C=N–C) groups is 1. The molecule has 10 heteroatoms. The van der Waals surface area contributed by atoms with Crippen molar-refractivity contribution in [2.75, 3.05) is 18.4 Å². The molecule has 2 heterocycles. The molecule has 0 spiro atoms. The molecule has 0 aliphatic rings. The molecule has 0 unspecified atom stereocenters. The molecule has 0 amide bonds. The number of hydrogen-bond donors (Lipinski definition) is 4. The van der Waals surface area contributed by atoms with Crippen LogP contribution in [0.15, 0.2) is 127 Å². The molecular formula is C31H40N9O+. The van der Waals surface area contributed by atoms with E-state index in [4.69, 9.17) is 5.73 Å². The van der Waals surface area contributed by atoms with Crippen LogP contribution < -0.4 is 26.3 Å². The standard InChI is InChI=1S/C31H39N9O/c1-26(34-14-4-18-39-20-17-33-24-39)6-7-27(2)35-16-12-31(30(32)13-23-41)37-29-10-8-28(9-11-29)36-15-5-19-40-22-21-38(3)25-40/h6-13,16-17,20-25,34H,1-2,4-5,14-15,18-19H2,3H3,(H3-,32,35,36,37,41)/p+1/b7-6-. The third kappa shape index (κ3) is 11.7. The summed E-state index contributed by atoms with van der Waals surface area (Å²) in [5, 5.41) is 9.78. The fraction of sp³-hybridized carbons (Fsp3) is 0.226. The van der Waals surface area contributed by atoms with Gasteiger partial charge >= 0.3 is 0 Å². The monoisotopic (exact) mass is 554 g/mol. The highest BCUT2D eigenvalue weighted by molar-refractivity contribution is 6.10. The van der Waals surface area contributed by atoms with Gasteiger partial charge in [-0.3, -0.25) is 4.79 Å². The van der Waals surface area contributed by atoms with Gasteiger partial charge in [0.2, 0.25) is 6.33 Å². The lowest BCUT2D eigenvalue weighted by Crippen LogP contribution is -2.23. The Morgan fingerprint density at radius 1 is 1.05 bits per heavy atom. The van der Waals surface area contributed by atoms with E-state index in [1.807, 2.05) is 65.0 Å². The summed E-state index contributed by atoms with van der Waals surface area (Å²) in [7, 11) is 2.01. The summed E-state index contributed by atoms with van der Waals surface area (Å²) < 4.78 is 6.22. The van der Waals surface area contributed by atoms with Crippen LogP contribution in [0.3, 0.4) is 0 Å². The number of allylic oxidation sites excluding steroid dienone is 4. The molecule has 0 saturated heterocycles. The molecular weight excluding hydrogens is 514 g/mol. The van der Waals surface area contributed by atoms with Gasteiger partial charge in [0.1, 0.15) is 18.7 Å². The lowest BCUT2D eigenvalue weighted by atomic mass is 10.2. The average molecular weight is 555 g/mol. The Labute approximate surface area is 242 Å². The number of carbonyl (C=O) groups is 1. The molecule has 3 rings (SSSR count). The Kier molecular flexibility index (Phi) is 12.4. The Morgan fingerprint density at radius 2 is 1.80 bits per heavy atom. The van der Waals surface area contributed by atoms with E-state index in [9.17, 15) is 4.79 Å². The largest absolute Gasteiger partial charge is 0.397 e. The van der Waals surface area contributed by atoms with E-state index < -0.39 is 0 Å². The summed E-state index contributed by atoms with van der Waals surface area (Å²) in [4.78, 5) is 19.7. The van der Waals surface area contributed by atoms with E-state index in [2.05, 4.69) is 56.2 Å². The summed E-state index contributed by atoms with van der Waals surface area (Å²) in [6.07, 6.45) is 22.6. The molecule has 0 saturated carbocycles. The number of rotatable bonds is 18. The van der Waals surface area contributed by atoms with Crippen LogP contribution in [-0.2, 0) is 24.9 Å². The maximum atomic E-state index is 11.0. The number of carbonyl (C=O) groups excluding carboxylic acids is 1. The van der Waals surface area contributed by atoms with Crippen molar-refractivity contribution in [3.05, 3.63) is 122 Å². The first-order valence-corrected chi connectivity index (χ1v) is 13.5. The van der Waals surface area contributed by atoms with E-state index in [-0.39, 0.29) is 5.70 Å². The smallest absolute Gasteiger partial charge is 0.243 e. The summed E-state index contributed by atoms with van der Waals surface area (Å²) >= 11 is 0. The molecule has 3 aromatic rings. The van der Waals surface area contributed by atoms with E-state index in [0.29, 0.717) is 23.4 Å². The zero-order valence-corrected chi connectivity index (χ0v) is 23.6. The van der Waals surface area contributed by atoms with Gasteiger partial charge in [-0.25, -0.2) is 19.1 Å². The quantitative estimate of drug-likeness (QED) is 0.0478. The van der Waals surface area contributed by atoms with Crippen LogP contribution in [0.5, 0.6) is 0 Å². The third-order valence-electron chi connectivity index (χ3n) is 5.91. The van der Waals surface area contributed by atoms with Gasteiger partial charge in [0.25, 0.3) is 0 Å². The number of aldehydes is 1. The van der Waals surface area contributed by atoms with Gasteiger partial charge in [0.05, 0.1) is 37.0 Å². The number of hydrogen-bond acceptors (Lipinski definition) is 7. The SMILES string of the molecule is C=C(/C=C\C(=C)NCCCn1ccnc1)N/C=C/C(=Nc1ccc(NCCCn2cc[n+](C)c2)cc1)/C(N)=C\C=O. The van der Waals surface area contributed by atoms with Crippen molar-refractivity contribution in [1.82, 2.24) is 24.8 Å². The fourth-order valence-corrected chi connectivity index (χ4v) is 3.74. The Morgan fingerprint density at radius 3 is 2.51 bits per heavy atom. The average Bonchev–Trinajstić information content (AvgIpc) is 3.64. The van der Waals surface area contributed by atoms with Crippen molar-refractivity contribution in [3.63, 3.8) is 0 Å². The number of imidazole rings is 2. The van der Waals surface area contributed by atoms with Gasteiger partial charge in [-0.15, -0.1) is 0 Å². The van der Waals surface area contributed by atoms with Gasteiger partial charge in [-0.05, 0) is 48.9 Å². The van der Waals surface area contributed by atoms with Crippen LogP contribution in [0.4, 0.5) is 11.4 Å². The molecule has 0 bridgehead atoms. The molecule has 10 nitrogen and oxygen atoms in total. The second-order valence-electron chi connectivity index (χ2n) is 9.34. The first kappa shape index (κ1) is 30.4. The number of anilines is 1. The van der Waals surface area contributed by atoms with Crippen LogP contribution in [0.25, 0.3) is 0 Å². The highest BCUT2D eigenvalue weighted by atomic mass is 16.1. The van der Waals surface area contributed by atoms with Gasteiger partial charge in [-0.2, -0.15) is 0 Å². The predicted molar refractivity (Wildman–Crippen MR) is 165 cm³/mol. The van der Waals surface area contributed by atoms with Crippen LogP contribution >= 0.6 is 0 Å². The fourth-order valence-electron chi connectivity index (χ4n) is 3.74. The number of nitrogens with zero attached hydrogens (tertiary/aromatic N) is 5. The zero-order chi connectivity index (χ0) is 29.3. The van der Waals surface area contributed by atoms with Crippen LogP contribution in [0, 0.1) is 0 Å². The van der Waals surface area contributed by atoms with Crippen molar-refractivity contribution >= 4 is 23.4 Å². The highest BCUT2D eigenvalue weighted by Gasteiger charge is 2.02. The van der Waals surface area contributed by atoms with Crippen LogP contribution in [-0.4, -0.2) is 39.2 Å². The molecule has 0 fully saturated rings. The van der Waals surface area contributed by atoms with Crippen molar-refractivity contribution in [3.8, 4) is 0 Å². The van der Waals surface area contributed by atoms with E-state index in [0.717, 1.165) is 50.4 Å². The molecule has 214 valence electrons. The normalized spacial score (nSPS) is 12.1. The number of nitrogens with two attached hydrogens (primary N) is 1. The number of benzene rings is 1. The molecule has 41 heavy (non-hydrogen) atoms. The van der Waals surface area contributed by atoms with Crippen molar-refractivity contribution < 1.29 is 9.36 Å². The molecule has 2 aromatic heterocycles. The zero-order valence-electron chi connectivity index (χ0n) is 23.6. The summed E-state index contributed by atoms with van der Waals surface area (Å²) in [5.41, 5.74) is 9.96. The molecule has 0 aliphatic heterocycles. The van der Waals surface area contributed by atoms with Gasteiger partial charge < -0.3 is 26.3 Å². The Balaban J connectivity index is 1.46. The minimum absolute atomic E-state index is 0.257. The summed E-state index contributed by atoms with van der Waals surface area (Å²) in [6.45, 7) is 11.5. The first-order valence-electron chi connectivity index (χ1n) is 13.5. The topological polar surface area (TPSA) is 118 Å². The molecule has 0 atom stereocenters. The second kappa shape index (κ2) is 16.8. The summed E-state index contributed by atoms with van der Waals surface area (Å²) in [5.74, 6) is 0. The first-order chi connectivity index (χ1) is 19.9. The van der Waals surface area contributed by atoms with E-state index in [1.165, 1.54) is 6.08 Å². The third-order valence-corrected chi connectivity index (χ3v) is 5.91. The van der Waals surface area contributed by atoms with Crippen LogP contribution in [0.1, 0.15) is 12.8 Å². The van der Waals surface area contributed by atoms with Crippen molar-refractivity contribution in [2.45, 2.75) is 25.9 Å². The second-order valence-corrected chi connectivity index (χ2v) is 9.34. The predicted octanol–water partition coefficient (Wildman–Crippen LogP) is 3.49.